The molecule has 0 bridgehead atoms. The lowest BCUT2D eigenvalue weighted by atomic mass is 9.73. The van der Waals surface area contributed by atoms with E-state index in [1.165, 1.54) is 0 Å². The zero-order chi connectivity index (χ0) is 18.2. The standard InChI is InChI=1S/C20H22O5/c1-6-19(5)10-20(22,17-18(3,4)25-17)24-15-13-11(2)8-7-9-12(13)23-16(21)14(15)19/h6-9,17,22H,1,10H2,2-5H3/t17?,19-,20-/m0/s1. The molecular weight excluding hydrogens is 320 g/mol. The van der Waals surface area contributed by atoms with Crippen molar-refractivity contribution in [3.63, 3.8) is 0 Å². The summed E-state index contributed by atoms with van der Waals surface area (Å²) >= 11 is 0. The average molecular weight is 342 g/mol. The molecule has 25 heavy (non-hydrogen) atoms. The van der Waals surface area contributed by atoms with Crippen molar-refractivity contribution in [3.05, 3.63) is 52.4 Å². The monoisotopic (exact) mass is 342 g/mol. The molecule has 4 rings (SSSR count). The first-order valence-corrected chi connectivity index (χ1v) is 8.41. The van der Waals surface area contributed by atoms with Crippen molar-refractivity contribution < 1.29 is 19.0 Å². The first kappa shape index (κ1) is 16.4. The molecule has 3 atom stereocenters. The molecule has 1 N–H and O–H groups in total. The molecule has 1 aromatic heterocycles. The fourth-order valence-electron chi connectivity index (χ4n) is 4.03. The summed E-state index contributed by atoms with van der Waals surface area (Å²) in [5.74, 6) is -1.17. The van der Waals surface area contributed by atoms with Gasteiger partial charge in [-0.2, -0.15) is 0 Å². The van der Waals surface area contributed by atoms with Gasteiger partial charge in [-0.05, 0) is 32.4 Å². The molecule has 1 aromatic carbocycles. The molecule has 3 heterocycles. The zero-order valence-electron chi connectivity index (χ0n) is 14.9. The van der Waals surface area contributed by atoms with Crippen molar-refractivity contribution in [1.82, 2.24) is 0 Å². The Morgan fingerprint density at radius 3 is 2.60 bits per heavy atom. The average Bonchev–Trinajstić information content (AvgIpc) is 3.16. The van der Waals surface area contributed by atoms with Crippen LogP contribution >= 0.6 is 0 Å². The van der Waals surface area contributed by atoms with Gasteiger partial charge in [0.1, 0.15) is 11.3 Å². The number of rotatable bonds is 2. The summed E-state index contributed by atoms with van der Waals surface area (Å²) in [4.78, 5) is 12.7. The molecular formula is C20H22O5. The minimum absolute atomic E-state index is 0.173. The number of ether oxygens (including phenoxy) is 2. The van der Waals surface area contributed by atoms with Crippen LogP contribution in [0.25, 0.3) is 11.0 Å². The van der Waals surface area contributed by atoms with Crippen LogP contribution in [0.15, 0.2) is 40.1 Å². The van der Waals surface area contributed by atoms with Gasteiger partial charge in [-0.15, -0.1) is 6.58 Å². The van der Waals surface area contributed by atoms with Gasteiger partial charge in [0, 0.05) is 11.8 Å². The third-order valence-corrected chi connectivity index (χ3v) is 5.42. The summed E-state index contributed by atoms with van der Waals surface area (Å²) in [6.07, 6.45) is 1.38. The summed E-state index contributed by atoms with van der Waals surface area (Å²) in [7, 11) is 0. The molecule has 1 saturated heterocycles. The molecule has 5 heteroatoms. The highest BCUT2D eigenvalue weighted by Crippen LogP contribution is 2.53. The van der Waals surface area contributed by atoms with Gasteiger partial charge in [-0.25, -0.2) is 4.79 Å². The number of hydrogen-bond acceptors (Lipinski definition) is 5. The second-order valence-corrected chi connectivity index (χ2v) is 7.89. The highest BCUT2D eigenvalue weighted by molar-refractivity contribution is 5.88. The molecule has 0 saturated carbocycles. The fourth-order valence-corrected chi connectivity index (χ4v) is 4.03. The Hall–Kier alpha value is -2.11. The summed E-state index contributed by atoms with van der Waals surface area (Å²) < 4.78 is 17.3. The maximum atomic E-state index is 12.7. The van der Waals surface area contributed by atoms with Crippen LogP contribution in [0.4, 0.5) is 0 Å². The number of allylic oxidation sites excluding steroid dienone is 1. The van der Waals surface area contributed by atoms with E-state index in [2.05, 4.69) is 6.58 Å². The largest absolute Gasteiger partial charge is 0.458 e. The highest BCUT2D eigenvalue weighted by Gasteiger charge is 2.65. The predicted octanol–water partition coefficient (Wildman–Crippen LogP) is 3.19. The Balaban J connectivity index is 2.04. The van der Waals surface area contributed by atoms with Crippen molar-refractivity contribution in [2.45, 2.75) is 57.0 Å². The van der Waals surface area contributed by atoms with E-state index < -0.39 is 28.5 Å². The first-order chi connectivity index (χ1) is 11.6. The lowest BCUT2D eigenvalue weighted by Gasteiger charge is -2.42. The van der Waals surface area contributed by atoms with Crippen LogP contribution in [-0.4, -0.2) is 22.6 Å². The van der Waals surface area contributed by atoms with E-state index >= 15 is 0 Å². The van der Waals surface area contributed by atoms with Gasteiger partial charge in [-0.1, -0.05) is 25.1 Å². The van der Waals surface area contributed by atoms with Gasteiger partial charge in [-0.3, -0.25) is 0 Å². The normalized spacial score (nSPS) is 32.8. The molecule has 0 radical (unpaired) electrons. The molecule has 0 spiro atoms. The Morgan fingerprint density at radius 2 is 2.00 bits per heavy atom. The van der Waals surface area contributed by atoms with Crippen molar-refractivity contribution >= 4 is 11.0 Å². The van der Waals surface area contributed by atoms with E-state index in [1.54, 1.807) is 12.1 Å². The molecule has 0 aliphatic carbocycles. The second kappa shape index (κ2) is 4.74. The van der Waals surface area contributed by atoms with Gasteiger partial charge in [0.05, 0.1) is 16.6 Å². The summed E-state index contributed by atoms with van der Waals surface area (Å²) in [5, 5.41) is 12.0. The zero-order valence-corrected chi connectivity index (χ0v) is 14.9. The quantitative estimate of drug-likeness (QED) is 0.515. The number of aryl methyl sites for hydroxylation is 1. The SMILES string of the molecule is C=C[C@@]1(C)C[C@@](O)(C2OC2(C)C)Oc2c1c(=O)oc1cccc(C)c21. The van der Waals surface area contributed by atoms with E-state index in [1.807, 2.05) is 39.8 Å². The van der Waals surface area contributed by atoms with Gasteiger partial charge >= 0.3 is 5.63 Å². The Bertz CT molecular complexity index is 956. The molecule has 1 unspecified atom stereocenters. The number of hydrogen-bond donors (Lipinski definition) is 1. The molecule has 2 aliphatic rings. The van der Waals surface area contributed by atoms with Gasteiger partial charge in [0.2, 0.25) is 5.79 Å². The van der Waals surface area contributed by atoms with E-state index in [-0.39, 0.29) is 6.42 Å². The molecule has 0 amide bonds. The lowest BCUT2D eigenvalue weighted by molar-refractivity contribution is -0.175. The van der Waals surface area contributed by atoms with E-state index in [4.69, 9.17) is 13.9 Å². The third-order valence-electron chi connectivity index (χ3n) is 5.42. The Morgan fingerprint density at radius 1 is 1.32 bits per heavy atom. The lowest BCUT2D eigenvalue weighted by Crippen LogP contribution is -2.53. The van der Waals surface area contributed by atoms with Crippen LogP contribution in [-0.2, 0) is 10.2 Å². The molecule has 132 valence electrons. The van der Waals surface area contributed by atoms with Gasteiger partial charge < -0.3 is 19.0 Å². The fraction of sp³-hybridized carbons (Fsp3) is 0.450. The summed E-state index contributed by atoms with van der Waals surface area (Å²) in [5.41, 5.74) is 0.0144. The maximum absolute atomic E-state index is 12.7. The highest BCUT2D eigenvalue weighted by atomic mass is 16.7. The molecule has 1 fully saturated rings. The van der Waals surface area contributed by atoms with Crippen LogP contribution in [0.3, 0.4) is 0 Å². The van der Waals surface area contributed by atoms with Crippen molar-refractivity contribution in [1.29, 1.82) is 0 Å². The molecule has 2 aromatic rings. The van der Waals surface area contributed by atoms with Crippen molar-refractivity contribution in [2.24, 2.45) is 0 Å². The topological polar surface area (TPSA) is 72.2 Å². The molecule has 5 nitrogen and oxygen atoms in total. The molecule has 2 aliphatic heterocycles. The van der Waals surface area contributed by atoms with E-state index in [0.29, 0.717) is 22.3 Å². The summed E-state index contributed by atoms with van der Waals surface area (Å²) in [6, 6.07) is 5.47. The van der Waals surface area contributed by atoms with Crippen LogP contribution in [0.1, 0.15) is 38.3 Å². The first-order valence-electron chi connectivity index (χ1n) is 8.41. The predicted molar refractivity (Wildman–Crippen MR) is 93.9 cm³/mol. The van der Waals surface area contributed by atoms with Crippen molar-refractivity contribution in [3.8, 4) is 5.75 Å². The number of epoxide rings is 1. The van der Waals surface area contributed by atoms with Crippen LogP contribution in [0.2, 0.25) is 0 Å². The number of aliphatic hydroxyl groups is 1. The van der Waals surface area contributed by atoms with Crippen LogP contribution in [0, 0.1) is 6.92 Å². The van der Waals surface area contributed by atoms with E-state index in [0.717, 1.165) is 5.56 Å². The van der Waals surface area contributed by atoms with Gasteiger partial charge in [0.15, 0.2) is 6.10 Å². The van der Waals surface area contributed by atoms with Crippen LogP contribution in [0.5, 0.6) is 5.75 Å². The van der Waals surface area contributed by atoms with Crippen LogP contribution < -0.4 is 10.4 Å². The smallest absolute Gasteiger partial charge is 0.344 e. The minimum atomic E-state index is -1.54. The third kappa shape index (κ3) is 2.19. The number of fused-ring (bicyclic) bond motifs is 3. The van der Waals surface area contributed by atoms with E-state index in [9.17, 15) is 9.90 Å². The minimum Gasteiger partial charge on any atom is -0.458 e. The second-order valence-electron chi connectivity index (χ2n) is 7.89. The van der Waals surface area contributed by atoms with Gasteiger partial charge in [0.25, 0.3) is 0 Å². The Kier molecular flexibility index (Phi) is 3.10. The Labute approximate surface area is 145 Å². The van der Waals surface area contributed by atoms with Crippen molar-refractivity contribution in [2.75, 3.05) is 0 Å². The maximum Gasteiger partial charge on any atom is 0.344 e. The number of benzene rings is 1. The summed E-state index contributed by atoms with van der Waals surface area (Å²) in [6.45, 7) is 11.5.